The van der Waals surface area contributed by atoms with Crippen molar-refractivity contribution in [2.75, 3.05) is 37.7 Å². The van der Waals surface area contributed by atoms with E-state index in [1.54, 1.807) is 15.9 Å². The van der Waals surface area contributed by atoms with Gasteiger partial charge in [0.25, 0.3) is 5.91 Å². The lowest BCUT2D eigenvalue weighted by molar-refractivity contribution is -0.133. The fourth-order valence-corrected chi connectivity index (χ4v) is 5.23. The first-order valence-corrected chi connectivity index (χ1v) is 10.2. The standard InChI is InChI=1S/C17H21FN2O4S/c18-15-4-2-1-3-14(15)17(22)20-8-6-19(7-9-20)16(21)11-13-5-10-25(23,24)12-13/h1-4,13H,5-12H2. The molecule has 0 saturated carbocycles. The molecule has 25 heavy (non-hydrogen) atoms. The third kappa shape index (κ3) is 4.18. The maximum atomic E-state index is 13.7. The van der Waals surface area contributed by atoms with Gasteiger partial charge in [0.2, 0.25) is 5.91 Å². The number of sulfone groups is 1. The van der Waals surface area contributed by atoms with E-state index in [0.29, 0.717) is 32.6 Å². The van der Waals surface area contributed by atoms with E-state index in [0.717, 1.165) is 0 Å². The van der Waals surface area contributed by atoms with Gasteiger partial charge in [0.1, 0.15) is 5.82 Å². The number of benzene rings is 1. The maximum Gasteiger partial charge on any atom is 0.256 e. The number of hydrogen-bond acceptors (Lipinski definition) is 4. The zero-order valence-corrected chi connectivity index (χ0v) is 14.7. The SMILES string of the molecule is O=C(CC1CCS(=O)(=O)C1)N1CCN(C(=O)c2ccccc2F)CC1. The topological polar surface area (TPSA) is 74.8 Å². The first-order chi connectivity index (χ1) is 11.9. The van der Waals surface area contributed by atoms with Crippen molar-refractivity contribution in [3.8, 4) is 0 Å². The Morgan fingerprint density at radius 3 is 2.32 bits per heavy atom. The summed E-state index contributed by atoms with van der Waals surface area (Å²) in [6.07, 6.45) is 0.778. The van der Waals surface area contributed by atoms with Crippen LogP contribution in [0.25, 0.3) is 0 Å². The van der Waals surface area contributed by atoms with Crippen molar-refractivity contribution in [3.63, 3.8) is 0 Å². The average Bonchev–Trinajstić information content (AvgIpc) is 2.93. The van der Waals surface area contributed by atoms with E-state index in [-0.39, 0.29) is 41.2 Å². The van der Waals surface area contributed by atoms with Crippen LogP contribution in [0.4, 0.5) is 4.39 Å². The first kappa shape index (κ1) is 17.8. The second-order valence-electron chi connectivity index (χ2n) is 6.63. The summed E-state index contributed by atoms with van der Waals surface area (Å²) in [6.45, 7) is 1.47. The molecule has 2 fully saturated rings. The van der Waals surface area contributed by atoms with Gasteiger partial charge in [0.15, 0.2) is 9.84 Å². The summed E-state index contributed by atoms with van der Waals surface area (Å²) in [7, 11) is -2.99. The summed E-state index contributed by atoms with van der Waals surface area (Å²) < 4.78 is 36.7. The van der Waals surface area contributed by atoms with Crippen molar-refractivity contribution in [2.45, 2.75) is 12.8 Å². The Kier molecular flexibility index (Phi) is 5.08. The molecule has 2 aliphatic rings. The number of piperazine rings is 1. The zero-order valence-electron chi connectivity index (χ0n) is 13.9. The van der Waals surface area contributed by atoms with Gasteiger partial charge in [-0.15, -0.1) is 0 Å². The van der Waals surface area contributed by atoms with Crippen LogP contribution in [-0.2, 0) is 14.6 Å². The summed E-state index contributed by atoms with van der Waals surface area (Å²) in [4.78, 5) is 27.9. The van der Waals surface area contributed by atoms with Crippen LogP contribution in [0.5, 0.6) is 0 Å². The molecule has 1 aromatic carbocycles. The molecule has 0 spiro atoms. The third-order valence-corrected chi connectivity index (χ3v) is 6.65. The monoisotopic (exact) mass is 368 g/mol. The number of hydrogen-bond donors (Lipinski definition) is 0. The second kappa shape index (κ2) is 7.11. The van der Waals surface area contributed by atoms with Crippen molar-refractivity contribution >= 4 is 21.7 Å². The smallest absolute Gasteiger partial charge is 0.256 e. The van der Waals surface area contributed by atoms with Gasteiger partial charge < -0.3 is 9.80 Å². The molecule has 2 heterocycles. The van der Waals surface area contributed by atoms with Crippen LogP contribution < -0.4 is 0 Å². The van der Waals surface area contributed by atoms with Gasteiger partial charge in [-0.05, 0) is 24.5 Å². The van der Waals surface area contributed by atoms with Gasteiger partial charge in [0.05, 0.1) is 17.1 Å². The first-order valence-electron chi connectivity index (χ1n) is 8.38. The maximum absolute atomic E-state index is 13.7. The van der Waals surface area contributed by atoms with E-state index in [4.69, 9.17) is 0 Å². The molecule has 0 aliphatic carbocycles. The largest absolute Gasteiger partial charge is 0.339 e. The van der Waals surface area contributed by atoms with Crippen molar-refractivity contribution < 1.29 is 22.4 Å². The highest BCUT2D eigenvalue weighted by atomic mass is 32.2. The third-order valence-electron chi connectivity index (χ3n) is 4.81. The molecule has 2 aliphatic heterocycles. The molecule has 2 amide bonds. The second-order valence-corrected chi connectivity index (χ2v) is 8.85. The highest BCUT2D eigenvalue weighted by Crippen LogP contribution is 2.23. The van der Waals surface area contributed by atoms with Crippen LogP contribution in [0.1, 0.15) is 23.2 Å². The molecular formula is C17H21FN2O4S. The van der Waals surface area contributed by atoms with Gasteiger partial charge >= 0.3 is 0 Å². The van der Waals surface area contributed by atoms with Gasteiger partial charge in [0, 0.05) is 32.6 Å². The number of carbonyl (C=O) groups is 2. The summed E-state index contributed by atoms with van der Waals surface area (Å²) >= 11 is 0. The molecule has 0 bridgehead atoms. The minimum Gasteiger partial charge on any atom is -0.339 e. The van der Waals surface area contributed by atoms with E-state index in [1.807, 2.05) is 0 Å². The quantitative estimate of drug-likeness (QED) is 0.796. The lowest BCUT2D eigenvalue weighted by atomic mass is 10.0. The molecule has 2 saturated heterocycles. The number of rotatable bonds is 3. The minimum absolute atomic E-state index is 0.0402. The molecule has 0 aromatic heterocycles. The average molecular weight is 368 g/mol. The van der Waals surface area contributed by atoms with E-state index in [9.17, 15) is 22.4 Å². The van der Waals surface area contributed by atoms with Crippen molar-refractivity contribution in [3.05, 3.63) is 35.6 Å². The molecular weight excluding hydrogens is 347 g/mol. The van der Waals surface area contributed by atoms with Gasteiger partial charge in [-0.25, -0.2) is 12.8 Å². The Balaban J connectivity index is 1.52. The van der Waals surface area contributed by atoms with Crippen LogP contribution in [0, 0.1) is 11.7 Å². The van der Waals surface area contributed by atoms with Crippen LogP contribution in [-0.4, -0.2) is 67.7 Å². The Morgan fingerprint density at radius 1 is 1.08 bits per heavy atom. The predicted molar refractivity (Wildman–Crippen MR) is 90.3 cm³/mol. The molecule has 8 heteroatoms. The number of halogens is 1. The van der Waals surface area contributed by atoms with Crippen LogP contribution in [0.15, 0.2) is 24.3 Å². The molecule has 1 atom stereocenters. The minimum atomic E-state index is -2.99. The van der Waals surface area contributed by atoms with E-state index >= 15 is 0 Å². The normalized spacial score (nSPS) is 22.8. The van der Waals surface area contributed by atoms with Crippen LogP contribution in [0.2, 0.25) is 0 Å². The summed E-state index contributed by atoms with van der Waals surface area (Å²) in [5.74, 6) is -0.837. The Labute approximate surface area is 146 Å². The molecule has 0 radical (unpaired) electrons. The van der Waals surface area contributed by atoms with Gasteiger partial charge in [-0.2, -0.15) is 0 Å². The lowest BCUT2D eigenvalue weighted by Crippen LogP contribution is -2.51. The molecule has 3 rings (SSSR count). The summed E-state index contributed by atoms with van der Waals surface area (Å²) in [5, 5.41) is 0. The van der Waals surface area contributed by atoms with E-state index in [2.05, 4.69) is 0 Å². The van der Waals surface area contributed by atoms with Crippen molar-refractivity contribution in [2.24, 2.45) is 5.92 Å². The summed E-state index contributed by atoms with van der Waals surface area (Å²) in [5.41, 5.74) is 0.0402. The number of carbonyl (C=O) groups excluding carboxylic acids is 2. The Bertz CT molecular complexity index is 773. The van der Waals surface area contributed by atoms with Crippen molar-refractivity contribution in [1.82, 2.24) is 9.80 Å². The highest BCUT2D eigenvalue weighted by Gasteiger charge is 2.32. The van der Waals surface area contributed by atoms with E-state index < -0.39 is 15.7 Å². The predicted octanol–water partition coefficient (Wildman–Crippen LogP) is 0.935. The molecule has 1 aromatic rings. The molecule has 0 N–H and O–H groups in total. The number of nitrogens with zero attached hydrogens (tertiary/aromatic N) is 2. The highest BCUT2D eigenvalue weighted by molar-refractivity contribution is 7.91. The van der Waals surface area contributed by atoms with Crippen molar-refractivity contribution in [1.29, 1.82) is 0 Å². The zero-order chi connectivity index (χ0) is 18.0. The van der Waals surface area contributed by atoms with Crippen LogP contribution in [0.3, 0.4) is 0 Å². The Morgan fingerprint density at radius 2 is 1.72 bits per heavy atom. The van der Waals surface area contributed by atoms with Crippen LogP contribution >= 0.6 is 0 Å². The van der Waals surface area contributed by atoms with Gasteiger partial charge in [-0.3, -0.25) is 9.59 Å². The Hall–Kier alpha value is -1.96. The summed E-state index contributed by atoms with van der Waals surface area (Å²) in [6, 6.07) is 5.86. The fourth-order valence-electron chi connectivity index (χ4n) is 3.37. The van der Waals surface area contributed by atoms with Gasteiger partial charge in [-0.1, -0.05) is 12.1 Å². The lowest BCUT2D eigenvalue weighted by Gasteiger charge is -2.35. The molecule has 6 nitrogen and oxygen atoms in total. The van der Waals surface area contributed by atoms with E-state index in [1.165, 1.54) is 18.2 Å². The fraction of sp³-hybridized carbons (Fsp3) is 0.529. The molecule has 136 valence electrons. The molecule has 1 unspecified atom stereocenters. The number of amides is 2.